The lowest BCUT2D eigenvalue weighted by Gasteiger charge is -2.49. The number of thioether (sulfide) groups is 2. The van der Waals surface area contributed by atoms with Gasteiger partial charge in [0.05, 0.1) is 12.7 Å². The summed E-state index contributed by atoms with van der Waals surface area (Å²) in [5.74, 6) is -0.874. The number of β-lactam (4-membered cyclic amide) rings is 1. The molecule has 2 aliphatic heterocycles. The average molecular weight is 635 g/mol. The van der Waals surface area contributed by atoms with Crippen LogP contribution in [0.2, 0.25) is 0 Å². The lowest BCUT2D eigenvalue weighted by molar-refractivity contribution is -0.154. The van der Waals surface area contributed by atoms with Gasteiger partial charge < -0.3 is 15.0 Å². The van der Waals surface area contributed by atoms with Gasteiger partial charge in [-0.2, -0.15) is 0 Å². The summed E-state index contributed by atoms with van der Waals surface area (Å²) in [5.41, 5.74) is 3.70. The minimum Gasteiger partial charge on any atom is -0.448 e. The van der Waals surface area contributed by atoms with E-state index in [9.17, 15) is 14.4 Å². The van der Waals surface area contributed by atoms with Crippen LogP contribution in [0.1, 0.15) is 22.8 Å². The van der Waals surface area contributed by atoms with Crippen LogP contribution in [-0.4, -0.2) is 59.8 Å². The molecule has 2 N–H and O–H groups in total. The number of nitrogens with zero attached hydrogens (tertiary/aromatic N) is 4. The zero-order chi connectivity index (χ0) is 30.8. The molecule has 4 heterocycles. The molecule has 2 atom stereocenters. The fraction of sp³-hybridized carbons (Fsp3) is 0.152. The number of esters is 1. The molecule has 1 saturated heterocycles. The Morgan fingerprint density at radius 2 is 1.62 bits per heavy atom. The van der Waals surface area contributed by atoms with E-state index in [2.05, 4.69) is 25.3 Å². The number of hydrogen-bond donors (Lipinski definition) is 2. The van der Waals surface area contributed by atoms with E-state index < -0.39 is 23.5 Å². The molecule has 12 heteroatoms. The molecule has 1 fully saturated rings. The van der Waals surface area contributed by atoms with Gasteiger partial charge in [-0.15, -0.1) is 11.8 Å². The predicted molar refractivity (Wildman–Crippen MR) is 171 cm³/mol. The smallest absolute Gasteiger partial charge is 0.356 e. The second-order valence-electron chi connectivity index (χ2n) is 10.4. The number of carbonyl (C=O) groups is 3. The molecular weight excluding hydrogens is 609 g/mol. The number of H-pyrrole nitrogens is 1. The van der Waals surface area contributed by atoms with Crippen LogP contribution in [0.5, 0.6) is 0 Å². The molecule has 0 radical (unpaired) electrons. The second kappa shape index (κ2) is 12.6. The molecule has 0 aliphatic carbocycles. The van der Waals surface area contributed by atoms with Crippen LogP contribution in [0.15, 0.2) is 119 Å². The van der Waals surface area contributed by atoms with Crippen molar-refractivity contribution in [3.63, 3.8) is 0 Å². The van der Waals surface area contributed by atoms with Crippen molar-refractivity contribution in [2.75, 3.05) is 5.75 Å². The summed E-state index contributed by atoms with van der Waals surface area (Å²) >= 11 is 2.74. The summed E-state index contributed by atoms with van der Waals surface area (Å²) in [6.45, 7) is 0. The molecule has 1 unspecified atom stereocenters. The Hall–Kier alpha value is -4.94. The highest BCUT2D eigenvalue weighted by Crippen LogP contribution is 2.46. The summed E-state index contributed by atoms with van der Waals surface area (Å²) in [7, 11) is 0. The first-order chi connectivity index (χ1) is 22.1. The number of amides is 2. The monoisotopic (exact) mass is 634 g/mol. The van der Waals surface area contributed by atoms with Crippen molar-refractivity contribution in [3.05, 3.63) is 131 Å². The summed E-state index contributed by atoms with van der Waals surface area (Å²) in [6.07, 6.45) is 2.39. The van der Waals surface area contributed by atoms with Crippen LogP contribution in [0.4, 0.5) is 0 Å². The maximum absolute atomic E-state index is 14.2. The zero-order valence-electron chi connectivity index (χ0n) is 23.7. The van der Waals surface area contributed by atoms with Gasteiger partial charge >= 0.3 is 5.97 Å². The van der Waals surface area contributed by atoms with Gasteiger partial charge in [-0.1, -0.05) is 103 Å². The fourth-order valence-electron chi connectivity index (χ4n) is 5.35. The van der Waals surface area contributed by atoms with Gasteiger partial charge in [0.2, 0.25) is 5.91 Å². The summed E-state index contributed by atoms with van der Waals surface area (Å²) < 4.78 is 6.25. The van der Waals surface area contributed by atoms with E-state index in [0.717, 1.165) is 16.7 Å². The van der Waals surface area contributed by atoms with Gasteiger partial charge in [0.1, 0.15) is 34.0 Å². The highest BCUT2D eigenvalue weighted by Gasteiger charge is 2.55. The zero-order valence-corrected chi connectivity index (χ0v) is 25.3. The van der Waals surface area contributed by atoms with Crippen LogP contribution in [0, 0.1) is 0 Å². The predicted octanol–water partition coefficient (Wildman–Crippen LogP) is 4.63. The van der Waals surface area contributed by atoms with E-state index in [0.29, 0.717) is 26.8 Å². The highest BCUT2D eigenvalue weighted by molar-refractivity contribution is 8.06. The fourth-order valence-corrected chi connectivity index (χ4v) is 7.85. The number of fused-ring (bicyclic) bond motifs is 2. The van der Waals surface area contributed by atoms with Gasteiger partial charge in [-0.25, -0.2) is 19.7 Å². The number of carbonyl (C=O) groups excluding carboxylic acids is 3. The van der Waals surface area contributed by atoms with Gasteiger partial charge in [-0.3, -0.25) is 14.5 Å². The first-order valence-electron chi connectivity index (χ1n) is 14.2. The number of aromatic amines is 1. The van der Waals surface area contributed by atoms with Crippen molar-refractivity contribution in [1.82, 2.24) is 30.2 Å². The number of benzene rings is 3. The quantitative estimate of drug-likeness (QED) is 0.135. The lowest BCUT2D eigenvalue weighted by Crippen LogP contribution is -2.70. The van der Waals surface area contributed by atoms with E-state index >= 15 is 0 Å². The Morgan fingerprint density at radius 3 is 2.31 bits per heavy atom. The van der Waals surface area contributed by atoms with Crippen molar-refractivity contribution in [2.45, 2.75) is 29.0 Å². The molecule has 2 aromatic heterocycles. The van der Waals surface area contributed by atoms with E-state index in [-0.39, 0.29) is 23.9 Å². The van der Waals surface area contributed by atoms with Crippen LogP contribution >= 0.6 is 23.5 Å². The van der Waals surface area contributed by atoms with Crippen LogP contribution in [0.25, 0.3) is 11.2 Å². The topological polar surface area (TPSA) is 130 Å². The van der Waals surface area contributed by atoms with Crippen molar-refractivity contribution >= 4 is 52.5 Å². The Balaban J connectivity index is 1.21. The van der Waals surface area contributed by atoms with E-state index in [4.69, 9.17) is 4.74 Å². The van der Waals surface area contributed by atoms with Gasteiger partial charge in [0.25, 0.3) is 5.91 Å². The van der Waals surface area contributed by atoms with Crippen molar-refractivity contribution in [2.24, 2.45) is 0 Å². The number of aromatic nitrogens is 4. The molecule has 5 aromatic rings. The first-order valence-corrected chi connectivity index (χ1v) is 16.1. The van der Waals surface area contributed by atoms with Crippen LogP contribution in [0.3, 0.4) is 0 Å². The van der Waals surface area contributed by atoms with Gasteiger partial charge in [0.15, 0.2) is 11.8 Å². The number of hydrogen-bond acceptors (Lipinski definition) is 9. The number of imidazole rings is 1. The Kier molecular flexibility index (Phi) is 8.05. The number of rotatable bonds is 9. The molecule has 3 aromatic carbocycles. The van der Waals surface area contributed by atoms with E-state index in [1.807, 2.05) is 91.0 Å². The van der Waals surface area contributed by atoms with Crippen molar-refractivity contribution in [3.8, 4) is 0 Å². The molecule has 45 heavy (non-hydrogen) atoms. The van der Waals surface area contributed by atoms with Gasteiger partial charge in [0, 0.05) is 10.7 Å². The largest absolute Gasteiger partial charge is 0.448 e. The maximum Gasteiger partial charge on any atom is 0.356 e. The highest BCUT2D eigenvalue weighted by atomic mass is 32.2. The molecule has 2 amide bonds. The SMILES string of the molecule is O=C(Cc1ccccc1)NC1C(=O)N2C(C(=O)OC(c3ccccc3)c3ccccc3)=C(Sc3ncnc4nc[nH]c34)CS[C@H]12. The third-order valence-electron chi connectivity index (χ3n) is 7.49. The first kappa shape index (κ1) is 28.8. The molecule has 7 rings (SSSR count). The summed E-state index contributed by atoms with van der Waals surface area (Å²) in [6, 6.07) is 27.5. The summed E-state index contributed by atoms with van der Waals surface area (Å²) in [4.78, 5) is 58.8. The standard InChI is InChI=1S/C33H26N6O4S2/c40-24(16-20-10-4-1-5-11-20)38-26-31(41)39-27(23(17-44-32(26)39)45-30-25-29(35-18-34-25)36-19-37-30)33(42)43-28(21-12-6-2-7-13-21)22-14-8-3-9-15-22/h1-15,18-19,26,28,32H,16-17H2,(H,38,40)(H,34,35,36,37)/t26?,32-/m1/s1. The van der Waals surface area contributed by atoms with E-state index in [1.165, 1.54) is 41.1 Å². The molecule has 2 aliphatic rings. The molecule has 0 spiro atoms. The Bertz CT molecular complexity index is 1860. The maximum atomic E-state index is 14.2. The van der Waals surface area contributed by atoms with Gasteiger partial charge in [-0.05, 0) is 16.7 Å². The third-order valence-corrected chi connectivity index (χ3v) is 10.0. The number of nitrogens with one attached hydrogen (secondary N) is 2. The van der Waals surface area contributed by atoms with Crippen LogP contribution in [-0.2, 0) is 25.5 Å². The molecule has 224 valence electrons. The average Bonchev–Trinajstić information content (AvgIpc) is 3.57. The molecule has 10 nitrogen and oxygen atoms in total. The minimum absolute atomic E-state index is 0.144. The summed E-state index contributed by atoms with van der Waals surface area (Å²) in [5, 5.41) is 2.99. The normalized spacial score (nSPS) is 17.6. The lowest BCUT2D eigenvalue weighted by atomic mass is 10.0. The molecule has 0 bridgehead atoms. The van der Waals surface area contributed by atoms with E-state index in [1.54, 1.807) is 0 Å². The molecule has 0 saturated carbocycles. The second-order valence-corrected chi connectivity index (χ2v) is 12.6. The Morgan fingerprint density at radius 1 is 0.956 bits per heavy atom. The van der Waals surface area contributed by atoms with Crippen molar-refractivity contribution in [1.29, 1.82) is 0 Å². The number of ether oxygens (including phenoxy) is 1. The molecular formula is C33H26N6O4S2. The Labute approximate surface area is 266 Å². The van der Waals surface area contributed by atoms with Crippen LogP contribution < -0.4 is 5.32 Å². The van der Waals surface area contributed by atoms with Crippen molar-refractivity contribution < 1.29 is 19.1 Å². The third kappa shape index (κ3) is 5.81. The minimum atomic E-state index is -0.766.